The molecule has 1 aliphatic heterocycles. The normalized spacial score (nSPS) is 18.5. The fourth-order valence-electron chi connectivity index (χ4n) is 2.47. The molecule has 0 aliphatic carbocycles. The van der Waals surface area contributed by atoms with Crippen molar-refractivity contribution in [2.45, 2.75) is 10.6 Å². The second-order valence-corrected chi connectivity index (χ2v) is 8.22. The number of carbonyl (C=O) groups is 1. The first-order chi connectivity index (χ1) is 10.4. The number of nitrogens with one attached hydrogen (secondary N) is 1. The van der Waals surface area contributed by atoms with Crippen molar-refractivity contribution in [3.05, 3.63) is 10.9 Å². The van der Waals surface area contributed by atoms with Crippen LogP contribution < -0.4 is 10.1 Å². The third kappa shape index (κ3) is 4.16. The van der Waals surface area contributed by atoms with E-state index in [0.717, 1.165) is 24.3 Å². The maximum absolute atomic E-state index is 12.8. The van der Waals surface area contributed by atoms with Crippen molar-refractivity contribution in [1.82, 2.24) is 9.62 Å². The second-order valence-electron chi connectivity index (χ2n) is 5.03. The van der Waals surface area contributed by atoms with Gasteiger partial charge in [0.1, 0.15) is 4.88 Å². The summed E-state index contributed by atoms with van der Waals surface area (Å²) in [5.41, 5.74) is 0. The Kier molecular flexibility index (Phi) is 7.28. The van der Waals surface area contributed by atoms with Gasteiger partial charge in [0, 0.05) is 19.2 Å². The van der Waals surface area contributed by atoms with E-state index < -0.39 is 16.0 Å². The van der Waals surface area contributed by atoms with E-state index in [-0.39, 0.29) is 27.2 Å². The molecule has 23 heavy (non-hydrogen) atoms. The maximum atomic E-state index is 12.8. The molecule has 1 aromatic heterocycles. The fraction of sp³-hybridized carbons (Fsp3) is 0.615. The minimum atomic E-state index is -3.66. The first kappa shape index (κ1) is 20.2. The number of hydrogen-bond acceptors (Lipinski definition) is 7. The molecule has 0 bridgehead atoms. The van der Waals surface area contributed by atoms with Crippen molar-refractivity contribution < 1.29 is 22.7 Å². The Labute approximate surface area is 146 Å². The molecule has 1 saturated heterocycles. The fourth-order valence-corrected chi connectivity index (χ4v) is 5.63. The predicted molar refractivity (Wildman–Crippen MR) is 90.3 cm³/mol. The van der Waals surface area contributed by atoms with E-state index in [9.17, 15) is 13.2 Å². The Morgan fingerprint density at radius 3 is 2.74 bits per heavy atom. The van der Waals surface area contributed by atoms with E-state index in [4.69, 9.17) is 4.74 Å². The summed E-state index contributed by atoms with van der Waals surface area (Å²) in [6, 6.07) is 1.41. The van der Waals surface area contributed by atoms with E-state index in [2.05, 4.69) is 10.1 Å². The minimum absolute atomic E-state index is 0. The van der Waals surface area contributed by atoms with Crippen molar-refractivity contribution >= 4 is 39.7 Å². The van der Waals surface area contributed by atoms with Crippen LogP contribution in [0, 0.1) is 5.92 Å². The summed E-state index contributed by atoms with van der Waals surface area (Å²) in [6.07, 6.45) is 0.817. The van der Waals surface area contributed by atoms with Crippen molar-refractivity contribution in [1.29, 1.82) is 0 Å². The molecule has 1 N–H and O–H groups in total. The van der Waals surface area contributed by atoms with Crippen LogP contribution in [-0.2, 0) is 14.8 Å². The lowest BCUT2D eigenvalue weighted by atomic mass is 10.1. The van der Waals surface area contributed by atoms with E-state index in [1.54, 1.807) is 0 Å². The lowest BCUT2D eigenvalue weighted by molar-refractivity contribution is 0.0606. The molecule has 0 saturated carbocycles. The van der Waals surface area contributed by atoms with Gasteiger partial charge in [-0.2, -0.15) is 4.31 Å². The Morgan fingerprint density at radius 1 is 1.48 bits per heavy atom. The summed E-state index contributed by atoms with van der Waals surface area (Å²) in [5.74, 6) is -0.0903. The summed E-state index contributed by atoms with van der Waals surface area (Å²) in [4.78, 5) is 11.8. The lowest BCUT2D eigenvalue weighted by Crippen LogP contribution is -2.30. The highest BCUT2D eigenvalue weighted by Crippen LogP contribution is 2.37. The van der Waals surface area contributed by atoms with Crippen LogP contribution in [0.5, 0.6) is 5.75 Å². The van der Waals surface area contributed by atoms with Gasteiger partial charge < -0.3 is 14.8 Å². The molecule has 0 spiro atoms. The van der Waals surface area contributed by atoms with E-state index in [0.29, 0.717) is 19.0 Å². The van der Waals surface area contributed by atoms with Crippen LogP contribution in [0.15, 0.2) is 10.3 Å². The zero-order chi connectivity index (χ0) is 16.3. The smallest absolute Gasteiger partial charge is 0.348 e. The van der Waals surface area contributed by atoms with Gasteiger partial charge in [-0.3, -0.25) is 0 Å². The monoisotopic (exact) mass is 384 g/mol. The van der Waals surface area contributed by atoms with Gasteiger partial charge in [-0.1, -0.05) is 0 Å². The van der Waals surface area contributed by atoms with Crippen molar-refractivity contribution in [2.75, 3.05) is 40.9 Å². The van der Waals surface area contributed by atoms with E-state index >= 15 is 0 Å². The number of ether oxygens (including phenoxy) is 2. The van der Waals surface area contributed by atoms with E-state index in [1.807, 2.05) is 7.05 Å². The van der Waals surface area contributed by atoms with Gasteiger partial charge in [0.05, 0.1) is 14.2 Å². The number of rotatable bonds is 6. The molecular formula is C13H21ClN2O5S2. The van der Waals surface area contributed by atoms with Crippen LogP contribution >= 0.6 is 23.7 Å². The number of halogens is 1. The van der Waals surface area contributed by atoms with Crippen LogP contribution in [0.3, 0.4) is 0 Å². The molecule has 1 unspecified atom stereocenters. The van der Waals surface area contributed by atoms with Crippen LogP contribution in [0.25, 0.3) is 0 Å². The molecule has 132 valence electrons. The highest BCUT2D eigenvalue weighted by Gasteiger charge is 2.36. The lowest BCUT2D eigenvalue weighted by Gasteiger charge is -2.16. The molecule has 10 heteroatoms. The number of hydrogen-bond donors (Lipinski definition) is 1. The second kappa shape index (κ2) is 8.29. The molecule has 7 nitrogen and oxygen atoms in total. The molecule has 1 aliphatic rings. The number of thiophene rings is 1. The Morgan fingerprint density at radius 2 is 2.17 bits per heavy atom. The zero-order valence-corrected chi connectivity index (χ0v) is 15.6. The van der Waals surface area contributed by atoms with Crippen molar-refractivity contribution in [3.8, 4) is 5.75 Å². The van der Waals surface area contributed by atoms with Crippen molar-refractivity contribution in [2.24, 2.45) is 5.92 Å². The topological polar surface area (TPSA) is 84.9 Å². The zero-order valence-electron chi connectivity index (χ0n) is 13.2. The minimum Gasteiger partial charge on any atom is -0.494 e. The van der Waals surface area contributed by atoms with Gasteiger partial charge in [-0.15, -0.1) is 23.7 Å². The van der Waals surface area contributed by atoms with Crippen LogP contribution in [0.1, 0.15) is 16.1 Å². The third-order valence-electron chi connectivity index (χ3n) is 3.59. The number of carbonyl (C=O) groups excluding carboxylic acids is 1. The van der Waals surface area contributed by atoms with Gasteiger partial charge >= 0.3 is 5.97 Å². The largest absolute Gasteiger partial charge is 0.494 e. The van der Waals surface area contributed by atoms with Crippen LogP contribution in [0.4, 0.5) is 0 Å². The summed E-state index contributed by atoms with van der Waals surface area (Å²) in [5, 5.41) is 3.07. The summed E-state index contributed by atoms with van der Waals surface area (Å²) in [6.45, 7) is 1.72. The van der Waals surface area contributed by atoms with Gasteiger partial charge in [0.25, 0.3) is 10.0 Å². The molecule has 1 aromatic rings. The first-order valence-corrected chi connectivity index (χ1v) is 9.10. The highest BCUT2D eigenvalue weighted by molar-refractivity contribution is 7.91. The summed E-state index contributed by atoms with van der Waals surface area (Å²) < 4.78 is 36.8. The average molecular weight is 385 g/mol. The van der Waals surface area contributed by atoms with Gasteiger partial charge in [0.2, 0.25) is 0 Å². The Hall–Kier alpha value is -0.870. The number of sulfonamides is 1. The Balaban J connectivity index is 0.00000264. The standard InChI is InChI=1S/C13H20N2O5S2.ClH/c1-14-7-9-4-5-15(8-9)22(17,18)13-10(19-2)6-11(21-13)12(16)20-3;/h6,9,14H,4-5,7-8H2,1-3H3;1H. The van der Waals surface area contributed by atoms with Gasteiger partial charge in [0.15, 0.2) is 9.96 Å². The number of methoxy groups -OCH3 is 2. The Bertz CT molecular complexity index is 647. The average Bonchev–Trinajstić information content (AvgIpc) is 3.13. The summed E-state index contributed by atoms with van der Waals surface area (Å²) >= 11 is 0.880. The van der Waals surface area contributed by atoms with Gasteiger partial charge in [-0.25, -0.2) is 13.2 Å². The molecule has 0 aromatic carbocycles. The molecule has 2 heterocycles. The SMILES string of the molecule is CNCC1CCN(S(=O)(=O)c2sc(C(=O)OC)cc2OC)C1.Cl. The quantitative estimate of drug-likeness (QED) is 0.742. The van der Waals surface area contributed by atoms with E-state index in [1.165, 1.54) is 24.6 Å². The predicted octanol–water partition coefficient (Wildman–Crippen LogP) is 1.20. The number of esters is 1. The molecular weight excluding hydrogens is 364 g/mol. The molecule has 0 amide bonds. The van der Waals surface area contributed by atoms with Gasteiger partial charge in [-0.05, 0) is 25.9 Å². The molecule has 0 radical (unpaired) electrons. The first-order valence-electron chi connectivity index (χ1n) is 6.85. The molecule has 1 fully saturated rings. The van der Waals surface area contributed by atoms with Crippen LogP contribution in [0.2, 0.25) is 0 Å². The maximum Gasteiger partial charge on any atom is 0.348 e. The third-order valence-corrected chi connectivity index (χ3v) is 7.04. The molecule has 2 rings (SSSR count). The molecule has 1 atom stereocenters. The summed E-state index contributed by atoms with van der Waals surface area (Å²) in [7, 11) is 0.827. The van der Waals surface area contributed by atoms with Crippen LogP contribution in [-0.4, -0.2) is 59.6 Å². The van der Waals surface area contributed by atoms with Crippen molar-refractivity contribution in [3.63, 3.8) is 0 Å². The number of nitrogens with zero attached hydrogens (tertiary/aromatic N) is 1. The highest BCUT2D eigenvalue weighted by atomic mass is 35.5.